The molecule has 1 fully saturated rings. The lowest BCUT2D eigenvalue weighted by molar-refractivity contribution is 0.536. The van der Waals surface area contributed by atoms with Crippen LogP contribution in [0.25, 0.3) is 11.6 Å². The molecule has 1 aliphatic rings. The van der Waals surface area contributed by atoms with E-state index in [9.17, 15) is 5.26 Å². The fourth-order valence-corrected chi connectivity index (χ4v) is 2.94. The van der Waals surface area contributed by atoms with Gasteiger partial charge in [-0.15, -0.1) is 0 Å². The number of hydrogen-bond acceptors (Lipinski definition) is 3. The summed E-state index contributed by atoms with van der Waals surface area (Å²) in [5, 5.41) is 9.43. The smallest absolute Gasteiger partial charge is 0.196 e. The van der Waals surface area contributed by atoms with Crippen LogP contribution in [-0.2, 0) is 0 Å². The summed E-state index contributed by atoms with van der Waals surface area (Å²) in [5.41, 5.74) is 2.74. The van der Waals surface area contributed by atoms with Crippen LogP contribution < -0.4 is 4.90 Å². The molecular weight excluding hydrogens is 284 g/mol. The van der Waals surface area contributed by atoms with Crippen molar-refractivity contribution in [3.63, 3.8) is 0 Å². The molecular formula is C20H22N2O. The Hall–Kier alpha value is -2.47. The number of nitrogens with zero attached hydrogens (tertiary/aromatic N) is 2. The van der Waals surface area contributed by atoms with Gasteiger partial charge in [0, 0.05) is 19.2 Å². The summed E-state index contributed by atoms with van der Waals surface area (Å²) in [6, 6.07) is 14.2. The molecule has 1 aliphatic heterocycles. The summed E-state index contributed by atoms with van der Waals surface area (Å²) >= 11 is 0. The van der Waals surface area contributed by atoms with E-state index in [0.29, 0.717) is 5.57 Å². The Morgan fingerprint density at radius 2 is 1.74 bits per heavy atom. The number of nitriles is 1. The Balaban J connectivity index is 1.81. The van der Waals surface area contributed by atoms with Gasteiger partial charge in [-0.25, -0.2) is 0 Å². The zero-order valence-electron chi connectivity index (χ0n) is 13.6. The molecule has 0 bridgehead atoms. The van der Waals surface area contributed by atoms with Gasteiger partial charge in [-0.05, 0) is 37.5 Å². The maximum absolute atomic E-state index is 9.43. The van der Waals surface area contributed by atoms with E-state index in [1.807, 2.05) is 49.4 Å². The van der Waals surface area contributed by atoms with Gasteiger partial charge in [0.25, 0.3) is 0 Å². The summed E-state index contributed by atoms with van der Waals surface area (Å²) in [4.78, 5) is 2.31. The highest BCUT2D eigenvalue weighted by Crippen LogP contribution is 2.25. The fourth-order valence-electron chi connectivity index (χ4n) is 2.94. The number of furan rings is 1. The van der Waals surface area contributed by atoms with Gasteiger partial charge in [0.1, 0.15) is 5.76 Å². The molecule has 1 aromatic heterocycles. The monoisotopic (exact) mass is 306 g/mol. The average molecular weight is 306 g/mol. The second-order valence-corrected chi connectivity index (χ2v) is 6.11. The number of hydrogen-bond donors (Lipinski definition) is 0. The number of allylic oxidation sites excluding steroid dienone is 1. The minimum Gasteiger partial charge on any atom is -0.441 e. The van der Waals surface area contributed by atoms with Crippen LogP contribution in [0.3, 0.4) is 0 Å². The first kappa shape index (κ1) is 15.4. The van der Waals surface area contributed by atoms with Crippen molar-refractivity contribution in [1.82, 2.24) is 0 Å². The number of rotatable bonds is 3. The number of anilines is 1. The number of benzene rings is 1. The second-order valence-electron chi connectivity index (χ2n) is 6.11. The molecule has 0 spiro atoms. The predicted octanol–water partition coefficient (Wildman–Crippen LogP) is 5.03. The van der Waals surface area contributed by atoms with Crippen molar-refractivity contribution < 1.29 is 4.42 Å². The van der Waals surface area contributed by atoms with Crippen LogP contribution in [0.2, 0.25) is 0 Å². The van der Waals surface area contributed by atoms with Crippen LogP contribution in [0.4, 0.5) is 5.88 Å². The Morgan fingerprint density at radius 3 is 2.39 bits per heavy atom. The predicted molar refractivity (Wildman–Crippen MR) is 94.1 cm³/mol. The summed E-state index contributed by atoms with van der Waals surface area (Å²) in [5.74, 6) is 1.65. The third-order valence-corrected chi connectivity index (χ3v) is 4.30. The molecule has 118 valence electrons. The lowest BCUT2D eigenvalue weighted by Gasteiger charge is -2.18. The van der Waals surface area contributed by atoms with Crippen molar-refractivity contribution in [2.45, 2.75) is 32.6 Å². The minimum atomic E-state index is 0.627. The topological polar surface area (TPSA) is 40.2 Å². The van der Waals surface area contributed by atoms with E-state index in [0.717, 1.165) is 30.3 Å². The molecule has 1 saturated heterocycles. The van der Waals surface area contributed by atoms with Gasteiger partial charge in [-0.2, -0.15) is 5.26 Å². The van der Waals surface area contributed by atoms with Crippen LogP contribution in [0.1, 0.15) is 42.6 Å². The summed E-state index contributed by atoms with van der Waals surface area (Å²) in [6.45, 7) is 4.15. The molecule has 3 nitrogen and oxygen atoms in total. The van der Waals surface area contributed by atoms with Gasteiger partial charge in [0.05, 0.1) is 11.6 Å². The van der Waals surface area contributed by atoms with Crippen molar-refractivity contribution in [2.24, 2.45) is 0 Å². The molecule has 3 heteroatoms. The van der Waals surface area contributed by atoms with Crippen molar-refractivity contribution in [3.05, 3.63) is 53.3 Å². The van der Waals surface area contributed by atoms with E-state index in [4.69, 9.17) is 4.42 Å². The first-order valence-electron chi connectivity index (χ1n) is 8.30. The standard InChI is InChI=1S/C20H22N2O/c1-16-6-8-17(9-7-16)18(15-21)14-19-10-11-20(23-19)22-12-4-2-3-5-13-22/h6-11,14H,2-5,12-13H2,1H3/b18-14-. The maximum Gasteiger partial charge on any atom is 0.196 e. The zero-order valence-corrected chi connectivity index (χ0v) is 13.6. The molecule has 0 unspecified atom stereocenters. The Kier molecular flexibility index (Phi) is 4.83. The van der Waals surface area contributed by atoms with Gasteiger partial charge >= 0.3 is 0 Å². The molecule has 2 heterocycles. The molecule has 1 aromatic carbocycles. The van der Waals surface area contributed by atoms with E-state index in [2.05, 4.69) is 11.0 Å². The molecule has 0 aliphatic carbocycles. The minimum absolute atomic E-state index is 0.627. The maximum atomic E-state index is 9.43. The summed E-state index contributed by atoms with van der Waals surface area (Å²) < 4.78 is 5.95. The second kappa shape index (κ2) is 7.19. The van der Waals surface area contributed by atoms with E-state index < -0.39 is 0 Å². The SMILES string of the molecule is Cc1ccc(/C(C#N)=C\c2ccc(N3CCCCCC3)o2)cc1. The van der Waals surface area contributed by atoms with E-state index in [-0.39, 0.29) is 0 Å². The van der Waals surface area contributed by atoms with Crippen molar-refractivity contribution in [2.75, 3.05) is 18.0 Å². The average Bonchev–Trinajstić information content (AvgIpc) is 2.86. The molecule has 23 heavy (non-hydrogen) atoms. The largest absolute Gasteiger partial charge is 0.441 e. The third-order valence-electron chi connectivity index (χ3n) is 4.30. The van der Waals surface area contributed by atoms with E-state index in [1.165, 1.54) is 31.2 Å². The summed E-state index contributed by atoms with van der Waals surface area (Å²) in [7, 11) is 0. The lowest BCUT2D eigenvalue weighted by atomic mass is 10.0. The highest BCUT2D eigenvalue weighted by molar-refractivity contribution is 5.88. The number of aryl methyl sites for hydroxylation is 1. The quantitative estimate of drug-likeness (QED) is 0.746. The van der Waals surface area contributed by atoms with Gasteiger partial charge in [-0.3, -0.25) is 0 Å². The Bertz CT molecular complexity index is 711. The van der Waals surface area contributed by atoms with Gasteiger partial charge in [0.15, 0.2) is 5.88 Å². The van der Waals surface area contributed by atoms with E-state index in [1.54, 1.807) is 0 Å². The Labute approximate surface area is 137 Å². The van der Waals surface area contributed by atoms with Crippen LogP contribution in [-0.4, -0.2) is 13.1 Å². The first-order chi connectivity index (χ1) is 11.3. The highest BCUT2D eigenvalue weighted by Gasteiger charge is 2.13. The van der Waals surface area contributed by atoms with Crippen LogP contribution in [0, 0.1) is 18.3 Å². The normalized spacial score (nSPS) is 16.0. The van der Waals surface area contributed by atoms with Gasteiger partial charge < -0.3 is 9.32 Å². The highest BCUT2D eigenvalue weighted by atomic mass is 16.4. The van der Waals surface area contributed by atoms with Crippen LogP contribution in [0.5, 0.6) is 0 Å². The molecule has 3 rings (SSSR count). The molecule has 0 saturated carbocycles. The fraction of sp³-hybridized carbons (Fsp3) is 0.350. The molecule has 0 N–H and O–H groups in total. The van der Waals surface area contributed by atoms with Crippen molar-refractivity contribution >= 4 is 17.5 Å². The first-order valence-corrected chi connectivity index (χ1v) is 8.30. The summed E-state index contributed by atoms with van der Waals surface area (Å²) in [6.07, 6.45) is 6.87. The molecule has 0 radical (unpaired) electrons. The van der Waals surface area contributed by atoms with Crippen LogP contribution >= 0.6 is 0 Å². The third kappa shape index (κ3) is 3.84. The van der Waals surface area contributed by atoms with Crippen molar-refractivity contribution in [1.29, 1.82) is 5.26 Å². The van der Waals surface area contributed by atoms with E-state index >= 15 is 0 Å². The van der Waals surface area contributed by atoms with Gasteiger partial charge in [0.2, 0.25) is 0 Å². The lowest BCUT2D eigenvalue weighted by Crippen LogP contribution is -2.23. The molecule has 2 aromatic rings. The molecule has 0 amide bonds. The van der Waals surface area contributed by atoms with Gasteiger partial charge in [-0.1, -0.05) is 42.7 Å². The van der Waals surface area contributed by atoms with Crippen molar-refractivity contribution in [3.8, 4) is 6.07 Å². The zero-order chi connectivity index (χ0) is 16.1. The molecule has 0 atom stereocenters. The Morgan fingerprint density at radius 1 is 1.04 bits per heavy atom. The van der Waals surface area contributed by atoms with Crippen LogP contribution in [0.15, 0.2) is 40.8 Å².